The fraction of sp³-hybridized carbons (Fsp3) is 0.0816. The zero-order chi connectivity index (χ0) is 49.9. The molecule has 0 atom stereocenters. The molecule has 0 aliphatic rings. The first-order valence-corrected chi connectivity index (χ1v) is 20.3. The Labute approximate surface area is 389 Å². The third kappa shape index (κ3) is 16.0. The maximum atomic E-state index is 12.9. The Balaban J connectivity index is 0.000000209. The molecule has 6 N–H and O–H groups in total. The smallest absolute Gasteiger partial charge is 0.354 e. The second kappa shape index (κ2) is 24.8. The van der Waals surface area contributed by atoms with Crippen molar-refractivity contribution in [1.82, 2.24) is 31.2 Å². The van der Waals surface area contributed by atoms with Crippen LogP contribution in [0.25, 0.3) is 0 Å². The lowest BCUT2D eigenvalue weighted by Crippen LogP contribution is -2.46. The van der Waals surface area contributed by atoms with Crippen LogP contribution in [0.1, 0.15) is 85.2 Å². The number of halogens is 4. The van der Waals surface area contributed by atoms with Gasteiger partial charge in [-0.25, -0.2) is 37.1 Å². The van der Waals surface area contributed by atoms with Crippen LogP contribution in [0.5, 0.6) is 0 Å². The lowest BCUT2D eigenvalue weighted by Gasteiger charge is -2.10. The van der Waals surface area contributed by atoms with Crippen LogP contribution >= 0.6 is 0 Å². The number of carbonyl (C=O) groups excluding carboxylic acids is 4. The van der Waals surface area contributed by atoms with E-state index in [1.54, 1.807) is 30.3 Å². The lowest BCUT2D eigenvalue weighted by molar-refractivity contribution is -0.610. The molecule has 3 aromatic heterocycles. The highest BCUT2D eigenvalue weighted by atomic mass is 19.1. The molecule has 7 rings (SSSR count). The molecule has 0 bridgehead atoms. The summed E-state index contributed by atoms with van der Waals surface area (Å²) < 4.78 is 51.9. The van der Waals surface area contributed by atoms with E-state index >= 15 is 0 Å². The van der Waals surface area contributed by atoms with E-state index in [-0.39, 0.29) is 76.7 Å². The van der Waals surface area contributed by atoms with Gasteiger partial charge in [0.05, 0.1) is 0 Å². The van der Waals surface area contributed by atoms with Gasteiger partial charge in [0, 0.05) is 38.3 Å². The number of aromatic carboxylic acids is 2. The van der Waals surface area contributed by atoms with Crippen LogP contribution < -0.4 is 26.0 Å². The molecule has 16 nitrogen and oxygen atoms in total. The number of aromatic nitrogens is 3. The standard InChI is InChI=1S/C21H17F2N3O3.C21H17F2N3O2.C7H5NO4/c22-16-8-4-14(5-9-16)12-24-20(27)18-2-1-3-19(26(18)29)21(28)25-13-15-6-10-17(23)11-7-15;22-16-8-4-14(5-9-16)12-24-20(27)18-2-1-3-19(26-18)21(28)25-13-15-6-10-17(23)11-7-15;9-6(10)4-2-1-3-5(8-4)7(11)12/h1-11H,12-13H2,(H,24,27)(H,25,28);1-11H,12-13H2,(H,24,27)(H,25,28);1-3H,(H,9,10)(H,11,12). The number of carboxylic acid groups (broad SMARTS) is 2. The Hall–Kier alpha value is -9.33. The first-order valence-electron chi connectivity index (χ1n) is 20.3. The van der Waals surface area contributed by atoms with Crippen molar-refractivity contribution >= 4 is 35.6 Å². The Morgan fingerprint density at radius 2 is 0.638 bits per heavy atom. The average Bonchev–Trinajstić information content (AvgIpc) is 3.35. The number of hydrogen-bond donors (Lipinski definition) is 6. The van der Waals surface area contributed by atoms with Gasteiger partial charge in [0.1, 0.15) is 46.0 Å². The first-order chi connectivity index (χ1) is 33.1. The van der Waals surface area contributed by atoms with Crippen LogP contribution in [-0.4, -0.2) is 55.7 Å². The Morgan fingerprint density at radius 1 is 0.391 bits per heavy atom. The van der Waals surface area contributed by atoms with Gasteiger partial charge in [0.15, 0.2) is 0 Å². The summed E-state index contributed by atoms with van der Waals surface area (Å²) >= 11 is 0. The molecule has 7 aromatic rings. The van der Waals surface area contributed by atoms with Gasteiger partial charge >= 0.3 is 23.8 Å². The molecule has 3 heterocycles. The molecule has 0 spiro atoms. The predicted molar refractivity (Wildman–Crippen MR) is 238 cm³/mol. The third-order valence-electron chi connectivity index (χ3n) is 9.28. The number of nitrogens with one attached hydrogen (secondary N) is 4. The van der Waals surface area contributed by atoms with E-state index in [4.69, 9.17) is 10.2 Å². The Kier molecular flexibility index (Phi) is 18.2. The first kappa shape index (κ1) is 50.7. The second-order valence-corrected chi connectivity index (χ2v) is 14.3. The Morgan fingerprint density at radius 3 is 0.928 bits per heavy atom. The summed E-state index contributed by atoms with van der Waals surface area (Å²) in [5.74, 6) is -6.19. The molecule has 69 heavy (non-hydrogen) atoms. The summed E-state index contributed by atoms with van der Waals surface area (Å²) in [6.45, 7) is 0.615. The van der Waals surface area contributed by atoms with E-state index in [0.29, 0.717) is 11.1 Å². The summed E-state index contributed by atoms with van der Waals surface area (Å²) in [5, 5.41) is 39.8. The largest absolute Gasteiger partial charge is 0.618 e. The van der Waals surface area contributed by atoms with E-state index in [9.17, 15) is 51.5 Å². The number of benzene rings is 4. The number of nitrogens with zero attached hydrogens (tertiary/aromatic N) is 3. The predicted octanol–water partition coefficient (Wildman–Crippen LogP) is 6.16. The molecule has 0 fully saturated rings. The minimum Gasteiger partial charge on any atom is -0.618 e. The minimum absolute atomic E-state index is 0.0940. The van der Waals surface area contributed by atoms with Crippen molar-refractivity contribution in [1.29, 1.82) is 0 Å². The molecule has 20 heteroatoms. The molecular formula is C49H39F4N7O9. The highest BCUT2D eigenvalue weighted by Gasteiger charge is 2.23. The monoisotopic (exact) mass is 945 g/mol. The summed E-state index contributed by atoms with van der Waals surface area (Å²) in [4.78, 5) is 77.2. The van der Waals surface area contributed by atoms with Gasteiger partial charge in [0.25, 0.3) is 23.2 Å². The van der Waals surface area contributed by atoms with Crippen LogP contribution in [0, 0.1) is 28.5 Å². The van der Waals surface area contributed by atoms with E-state index in [0.717, 1.165) is 11.1 Å². The van der Waals surface area contributed by atoms with Crippen LogP contribution in [0.4, 0.5) is 17.6 Å². The van der Waals surface area contributed by atoms with Crippen molar-refractivity contribution in [2.24, 2.45) is 0 Å². The van der Waals surface area contributed by atoms with Crippen molar-refractivity contribution in [3.05, 3.63) is 237 Å². The molecule has 0 unspecified atom stereocenters. The minimum atomic E-state index is -1.24. The number of rotatable bonds is 14. The molecule has 4 amide bonds. The van der Waals surface area contributed by atoms with Crippen molar-refractivity contribution < 1.29 is 61.3 Å². The average molecular weight is 946 g/mol. The fourth-order valence-electron chi connectivity index (χ4n) is 5.69. The maximum Gasteiger partial charge on any atom is 0.354 e. The Bertz CT molecular complexity index is 2740. The summed E-state index contributed by atoms with van der Waals surface area (Å²) in [5.41, 5.74) is 1.95. The molecule has 4 aromatic carbocycles. The lowest BCUT2D eigenvalue weighted by atomic mass is 10.2. The van der Waals surface area contributed by atoms with Crippen LogP contribution in [0.2, 0.25) is 0 Å². The molecule has 0 saturated heterocycles. The molecule has 352 valence electrons. The second-order valence-electron chi connectivity index (χ2n) is 14.3. The molecule has 0 aliphatic carbocycles. The van der Waals surface area contributed by atoms with Gasteiger partial charge in [-0.15, -0.1) is 0 Å². The van der Waals surface area contributed by atoms with Crippen LogP contribution in [0.3, 0.4) is 0 Å². The van der Waals surface area contributed by atoms with Crippen LogP contribution in [-0.2, 0) is 26.2 Å². The zero-order valence-corrected chi connectivity index (χ0v) is 35.9. The van der Waals surface area contributed by atoms with E-state index in [1.807, 2.05) is 0 Å². The van der Waals surface area contributed by atoms with Gasteiger partial charge in [-0.05, 0) is 101 Å². The molecule has 0 radical (unpaired) electrons. The number of pyridine rings is 3. The quantitative estimate of drug-likeness (QED) is 0.0410. The molecule has 0 aliphatic heterocycles. The highest BCUT2D eigenvalue weighted by molar-refractivity contribution is 5.96. The number of amides is 4. The number of hydrogen-bond acceptors (Lipinski definition) is 9. The zero-order valence-electron chi connectivity index (χ0n) is 35.9. The molecule has 0 saturated carbocycles. The summed E-state index contributed by atoms with van der Waals surface area (Å²) in [6, 6.07) is 35.0. The topological polar surface area (TPSA) is 244 Å². The van der Waals surface area contributed by atoms with Gasteiger partial charge in [0.2, 0.25) is 0 Å². The van der Waals surface area contributed by atoms with Gasteiger partial charge in [-0.2, -0.15) is 4.73 Å². The highest BCUT2D eigenvalue weighted by Crippen LogP contribution is 2.08. The van der Waals surface area contributed by atoms with E-state index in [1.165, 1.54) is 121 Å². The van der Waals surface area contributed by atoms with Crippen molar-refractivity contribution in [3.8, 4) is 0 Å². The molecular weight excluding hydrogens is 907 g/mol. The maximum absolute atomic E-state index is 12.9. The number of carbonyl (C=O) groups is 6. The van der Waals surface area contributed by atoms with Crippen molar-refractivity contribution in [3.63, 3.8) is 0 Å². The van der Waals surface area contributed by atoms with Crippen molar-refractivity contribution in [2.75, 3.05) is 0 Å². The van der Waals surface area contributed by atoms with Crippen LogP contribution in [0.15, 0.2) is 152 Å². The number of carboxylic acids is 2. The van der Waals surface area contributed by atoms with Gasteiger partial charge < -0.3 is 36.7 Å². The normalized spacial score (nSPS) is 10.2. The SMILES string of the molecule is O=C(NCc1ccc(F)cc1)c1cccc(C(=O)NCc2ccc(F)cc2)[n+]1[O-].O=C(NCc1ccc(F)cc1)c1cccc(C(=O)NCc2ccc(F)cc2)n1.O=C(O)c1cccc(C(=O)O)n1. The van der Waals surface area contributed by atoms with Gasteiger partial charge in [-0.1, -0.05) is 60.7 Å². The third-order valence-corrected chi connectivity index (χ3v) is 9.28. The summed E-state index contributed by atoms with van der Waals surface area (Å²) in [6.07, 6.45) is 0. The van der Waals surface area contributed by atoms with Gasteiger partial charge in [-0.3, -0.25) is 19.2 Å². The van der Waals surface area contributed by atoms with Crippen molar-refractivity contribution in [2.45, 2.75) is 26.2 Å². The fourth-order valence-corrected chi connectivity index (χ4v) is 5.69. The van der Waals surface area contributed by atoms with E-state index in [2.05, 4.69) is 31.2 Å². The van der Waals surface area contributed by atoms with E-state index < -0.39 is 47.2 Å². The summed E-state index contributed by atoms with van der Waals surface area (Å²) in [7, 11) is 0.